The minimum atomic E-state index is -4.66. The maximum absolute atomic E-state index is 13.1. The molecule has 0 bridgehead atoms. The summed E-state index contributed by atoms with van der Waals surface area (Å²) in [5, 5.41) is 6.75. The third kappa shape index (κ3) is 2.97. The number of nitrogens with zero attached hydrogens (tertiary/aromatic N) is 3. The van der Waals surface area contributed by atoms with E-state index in [4.69, 9.17) is 6.57 Å². The van der Waals surface area contributed by atoms with Crippen LogP contribution >= 0.6 is 0 Å². The molecule has 5 nitrogen and oxygen atoms in total. The van der Waals surface area contributed by atoms with Gasteiger partial charge in [0.05, 0.1) is 18.3 Å². The second-order valence-electron chi connectivity index (χ2n) is 6.14. The number of nitrogens with one attached hydrogen (secondary N) is 1. The summed E-state index contributed by atoms with van der Waals surface area (Å²) in [6.07, 6.45) is 0.727. The van der Waals surface area contributed by atoms with Crippen molar-refractivity contribution in [2.24, 2.45) is 0 Å². The summed E-state index contributed by atoms with van der Waals surface area (Å²) in [5.41, 5.74) is -1.50. The molecule has 0 spiro atoms. The maximum atomic E-state index is 13.1. The molecule has 0 radical (unpaired) electrons. The predicted molar refractivity (Wildman–Crippen MR) is 85.1 cm³/mol. The highest BCUT2D eigenvalue weighted by molar-refractivity contribution is 5.97. The smallest absolute Gasteiger partial charge is 0.324 e. The summed E-state index contributed by atoms with van der Waals surface area (Å²) in [5.74, 6) is -0.398. The van der Waals surface area contributed by atoms with Gasteiger partial charge in [0.25, 0.3) is 5.91 Å². The fourth-order valence-electron chi connectivity index (χ4n) is 2.90. The topological polar surface area (TPSA) is 51.3 Å². The number of carbonyl (C=O) groups is 1. The van der Waals surface area contributed by atoms with Crippen molar-refractivity contribution < 1.29 is 18.0 Å². The van der Waals surface area contributed by atoms with Crippen molar-refractivity contribution in [1.82, 2.24) is 9.78 Å². The normalized spacial score (nSPS) is 16.0. The number of carbonyl (C=O) groups excluding carboxylic acids is 1. The number of aryl methyl sites for hydroxylation is 1. The van der Waals surface area contributed by atoms with Gasteiger partial charge in [-0.3, -0.25) is 9.48 Å². The van der Waals surface area contributed by atoms with Crippen molar-refractivity contribution in [3.63, 3.8) is 0 Å². The molecule has 3 rings (SSSR count). The number of hydrogen-bond acceptors (Lipinski definition) is 2. The number of halogens is 3. The summed E-state index contributed by atoms with van der Waals surface area (Å²) in [6, 6.07) is 3.17. The van der Waals surface area contributed by atoms with E-state index in [0.717, 1.165) is 24.1 Å². The molecule has 0 saturated heterocycles. The van der Waals surface area contributed by atoms with Gasteiger partial charge in [0, 0.05) is 11.9 Å². The summed E-state index contributed by atoms with van der Waals surface area (Å²) >= 11 is 0. The zero-order chi connectivity index (χ0) is 18.2. The third-order valence-electron chi connectivity index (χ3n) is 4.43. The van der Waals surface area contributed by atoms with E-state index in [1.165, 1.54) is 6.07 Å². The first-order chi connectivity index (χ1) is 11.8. The summed E-state index contributed by atoms with van der Waals surface area (Å²) < 4.78 is 40.8. The number of hydrogen-bond donors (Lipinski definition) is 1. The average Bonchev–Trinajstić information content (AvgIpc) is 2.92. The van der Waals surface area contributed by atoms with Gasteiger partial charge in [0.15, 0.2) is 5.69 Å². The molecular formula is C17H15F3N4O. The molecule has 0 unspecified atom stereocenters. The van der Waals surface area contributed by atoms with E-state index < -0.39 is 28.9 Å². The molecule has 1 aliphatic carbocycles. The first-order valence-electron chi connectivity index (χ1n) is 7.68. The van der Waals surface area contributed by atoms with Gasteiger partial charge in [-0.2, -0.15) is 18.3 Å². The monoisotopic (exact) mass is 348 g/mol. The predicted octanol–water partition coefficient (Wildman–Crippen LogP) is 4.28. The van der Waals surface area contributed by atoms with E-state index in [0.29, 0.717) is 12.8 Å². The van der Waals surface area contributed by atoms with Crippen LogP contribution in [0.1, 0.15) is 30.4 Å². The molecule has 1 amide bonds. The summed E-state index contributed by atoms with van der Waals surface area (Å²) in [7, 11) is 0. The van der Waals surface area contributed by atoms with Crippen molar-refractivity contribution in [3.8, 4) is 0 Å². The minimum absolute atomic E-state index is 0.0138. The Morgan fingerprint density at radius 3 is 2.60 bits per heavy atom. The standard InChI is InChI=1S/C17H15F3N4O/c1-11-9-22-24(10-11)16(6-3-7-16)15(25)23-12-4-5-14(21-2)13(8-12)17(18,19)20/h4-5,8-10H,3,6-7H2,1H3,(H,23,25). The highest BCUT2D eigenvalue weighted by atomic mass is 19.4. The van der Waals surface area contributed by atoms with Crippen molar-refractivity contribution in [1.29, 1.82) is 0 Å². The van der Waals surface area contributed by atoms with E-state index in [1.54, 1.807) is 17.1 Å². The molecule has 130 valence electrons. The second-order valence-corrected chi connectivity index (χ2v) is 6.14. The van der Waals surface area contributed by atoms with E-state index in [9.17, 15) is 18.0 Å². The van der Waals surface area contributed by atoms with Crippen molar-refractivity contribution in [3.05, 3.63) is 53.1 Å². The van der Waals surface area contributed by atoms with Crippen LogP contribution in [0.25, 0.3) is 4.85 Å². The van der Waals surface area contributed by atoms with Crippen LogP contribution in [0, 0.1) is 13.5 Å². The lowest BCUT2D eigenvalue weighted by Crippen LogP contribution is -2.51. The van der Waals surface area contributed by atoms with Crippen molar-refractivity contribution in [2.45, 2.75) is 37.9 Å². The fraction of sp³-hybridized carbons (Fsp3) is 0.353. The molecule has 1 heterocycles. The number of rotatable bonds is 3. The molecular weight excluding hydrogens is 333 g/mol. The van der Waals surface area contributed by atoms with E-state index in [2.05, 4.69) is 15.3 Å². The maximum Gasteiger partial charge on any atom is 0.407 e. The Kier molecular flexibility index (Phi) is 4.03. The lowest BCUT2D eigenvalue weighted by atomic mass is 9.76. The second kappa shape index (κ2) is 5.92. The lowest BCUT2D eigenvalue weighted by Gasteiger charge is -2.40. The molecule has 1 N–H and O–H groups in total. The highest BCUT2D eigenvalue weighted by Crippen LogP contribution is 2.41. The van der Waals surface area contributed by atoms with Crippen LogP contribution in [-0.2, 0) is 16.5 Å². The van der Waals surface area contributed by atoms with E-state index in [1.807, 2.05) is 6.92 Å². The van der Waals surface area contributed by atoms with Crippen LogP contribution < -0.4 is 5.32 Å². The minimum Gasteiger partial charge on any atom is -0.324 e. The largest absolute Gasteiger partial charge is 0.407 e. The first-order valence-corrected chi connectivity index (χ1v) is 7.68. The molecule has 1 fully saturated rings. The average molecular weight is 348 g/mol. The zero-order valence-electron chi connectivity index (χ0n) is 13.4. The molecule has 1 aliphatic rings. The number of aromatic nitrogens is 2. The fourth-order valence-corrected chi connectivity index (χ4v) is 2.90. The number of benzene rings is 1. The van der Waals surface area contributed by atoms with Crippen molar-refractivity contribution >= 4 is 17.3 Å². The Bertz CT molecular complexity index is 860. The lowest BCUT2D eigenvalue weighted by molar-refractivity contribution is -0.137. The van der Waals surface area contributed by atoms with Gasteiger partial charge >= 0.3 is 6.18 Å². The molecule has 25 heavy (non-hydrogen) atoms. The molecule has 0 aliphatic heterocycles. The van der Waals surface area contributed by atoms with Crippen LogP contribution in [-0.4, -0.2) is 15.7 Å². The molecule has 0 atom stereocenters. The van der Waals surface area contributed by atoms with Crippen LogP contribution in [0.3, 0.4) is 0 Å². The third-order valence-corrected chi connectivity index (χ3v) is 4.43. The van der Waals surface area contributed by atoms with Gasteiger partial charge < -0.3 is 5.32 Å². The van der Waals surface area contributed by atoms with Gasteiger partial charge in [-0.25, -0.2) is 4.85 Å². The molecule has 2 aromatic rings. The number of alkyl halides is 3. The Labute approximate surface area is 142 Å². The Morgan fingerprint density at radius 1 is 1.40 bits per heavy atom. The van der Waals surface area contributed by atoms with Gasteiger partial charge in [-0.15, -0.1) is 0 Å². The SMILES string of the molecule is [C-]#[N+]c1ccc(NC(=O)C2(n3cc(C)cn3)CCC2)cc1C(F)(F)F. The van der Waals surface area contributed by atoms with Crippen LogP contribution in [0.4, 0.5) is 24.5 Å². The van der Waals surface area contributed by atoms with E-state index >= 15 is 0 Å². The Hall–Kier alpha value is -2.82. The molecule has 1 aromatic heterocycles. The quantitative estimate of drug-likeness (QED) is 0.842. The number of anilines is 1. The van der Waals surface area contributed by atoms with Gasteiger partial charge in [0.2, 0.25) is 0 Å². The first kappa shape index (κ1) is 17.0. The summed E-state index contributed by atoms with van der Waals surface area (Å²) in [6.45, 7) is 8.71. The molecule has 1 aromatic carbocycles. The van der Waals surface area contributed by atoms with E-state index in [-0.39, 0.29) is 5.69 Å². The van der Waals surface area contributed by atoms with Crippen LogP contribution in [0.15, 0.2) is 30.6 Å². The van der Waals surface area contributed by atoms with Gasteiger partial charge in [0.1, 0.15) is 5.54 Å². The van der Waals surface area contributed by atoms with Crippen LogP contribution in [0.2, 0.25) is 0 Å². The molecule has 1 saturated carbocycles. The Morgan fingerprint density at radius 2 is 2.12 bits per heavy atom. The van der Waals surface area contributed by atoms with Gasteiger partial charge in [-0.05, 0) is 43.9 Å². The van der Waals surface area contributed by atoms with Crippen molar-refractivity contribution in [2.75, 3.05) is 5.32 Å². The Balaban J connectivity index is 1.89. The molecule has 8 heteroatoms. The highest BCUT2D eigenvalue weighted by Gasteiger charge is 2.47. The van der Waals surface area contributed by atoms with Gasteiger partial charge in [-0.1, -0.05) is 6.07 Å². The van der Waals surface area contributed by atoms with Crippen LogP contribution in [0.5, 0.6) is 0 Å². The summed E-state index contributed by atoms with van der Waals surface area (Å²) in [4.78, 5) is 15.6. The number of amides is 1. The zero-order valence-corrected chi connectivity index (χ0v) is 13.4.